The van der Waals surface area contributed by atoms with E-state index in [-0.39, 0.29) is 28.7 Å². The molecule has 0 spiro atoms. The van der Waals surface area contributed by atoms with Crippen LogP contribution >= 0.6 is 0 Å². The van der Waals surface area contributed by atoms with E-state index >= 15 is 0 Å². The number of H-pyrrole nitrogens is 1. The minimum atomic E-state index is -0.718. The lowest BCUT2D eigenvalue weighted by atomic mass is 10.1. The van der Waals surface area contributed by atoms with Crippen molar-refractivity contribution in [1.82, 2.24) is 20.2 Å². The molecule has 1 aromatic carbocycles. The largest absolute Gasteiger partial charge is 0.365 e. The molecule has 2 aromatic heterocycles. The van der Waals surface area contributed by atoms with Crippen LogP contribution in [-0.2, 0) is 6.54 Å². The molecule has 0 saturated carbocycles. The third-order valence-corrected chi connectivity index (χ3v) is 5.45. The Bertz CT molecular complexity index is 1210. The average Bonchev–Trinajstić information content (AvgIpc) is 2.81. The molecule has 3 heterocycles. The predicted octanol–water partition coefficient (Wildman–Crippen LogP) is 2.62. The minimum Gasteiger partial charge on any atom is -0.365 e. The maximum absolute atomic E-state index is 14.9. The Labute approximate surface area is 189 Å². The maximum atomic E-state index is 14.9. The topological polar surface area (TPSA) is 81.3 Å². The molecule has 0 radical (unpaired) electrons. The number of hydrogen-bond acceptors (Lipinski definition) is 6. The molecule has 4 rings (SSSR count). The highest BCUT2D eigenvalue weighted by Crippen LogP contribution is 2.24. The molecule has 0 aliphatic carbocycles. The molecule has 1 saturated heterocycles. The summed E-state index contributed by atoms with van der Waals surface area (Å²) < 4.78 is 43.3. The number of fused-ring (bicyclic) bond motifs is 1. The van der Waals surface area contributed by atoms with Gasteiger partial charge in [-0.25, -0.2) is 13.8 Å². The highest BCUT2D eigenvalue weighted by molar-refractivity contribution is 5.81. The lowest BCUT2D eigenvalue weighted by Crippen LogP contribution is -2.46. The first-order valence-corrected chi connectivity index (χ1v) is 10.5. The molecule has 1 aliphatic rings. The number of piperazine rings is 1. The molecule has 0 bridgehead atoms. The van der Waals surface area contributed by atoms with E-state index in [0.717, 1.165) is 0 Å². The van der Waals surface area contributed by atoms with Gasteiger partial charge in [0.2, 0.25) is 5.95 Å². The number of anilines is 1. The Hall–Kier alpha value is -3.24. The Morgan fingerprint density at radius 3 is 2.33 bits per heavy atom. The minimum absolute atomic E-state index is 0.0336. The van der Waals surface area contributed by atoms with E-state index in [1.165, 1.54) is 31.2 Å². The Morgan fingerprint density at radius 1 is 1.06 bits per heavy atom. The third kappa shape index (κ3) is 5.23. The molecule has 10 heteroatoms. The van der Waals surface area contributed by atoms with Crippen molar-refractivity contribution < 1.29 is 18.0 Å². The van der Waals surface area contributed by atoms with Crippen LogP contribution in [0.15, 0.2) is 29.1 Å². The van der Waals surface area contributed by atoms with Crippen LogP contribution in [0.2, 0.25) is 0 Å². The highest BCUT2D eigenvalue weighted by atomic mass is 19.1. The van der Waals surface area contributed by atoms with Crippen molar-refractivity contribution in [3.8, 4) is 0 Å². The van der Waals surface area contributed by atoms with E-state index in [1.807, 2.05) is 23.9 Å². The van der Waals surface area contributed by atoms with Gasteiger partial charge in [0, 0.05) is 43.7 Å². The van der Waals surface area contributed by atoms with Crippen LogP contribution in [0.3, 0.4) is 0 Å². The second-order valence-electron chi connectivity index (χ2n) is 7.78. The summed E-state index contributed by atoms with van der Waals surface area (Å²) in [5.74, 6) is -2.07. The molecule has 1 aliphatic heterocycles. The zero-order chi connectivity index (χ0) is 24.1. The Balaban J connectivity index is 0.000000968. The zero-order valence-corrected chi connectivity index (χ0v) is 18.7. The maximum Gasteiger partial charge on any atom is 0.254 e. The third-order valence-electron chi connectivity index (χ3n) is 5.45. The summed E-state index contributed by atoms with van der Waals surface area (Å²) in [6.45, 7) is 3.72. The number of hydrogen-bond donors (Lipinski definition) is 2. The standard InChI is InChI=1S/C21H19F3N4O2.C2H7N/c1-12-17(22)15-4-2-13(18(23)19(15)26-21(12)30)10-27-6-8-28(9-7-27)16-5-3-14(11-29)25-20(16)24;1-3-2/h2-5,11H,6-10H2,1H3,(H,26,30);3H,1-2H3. The van der Waals surface area contributed by atoms with Crippen molar-refractivity contribution >= 4 is 22.9 Å². The van der Waals surface area contributed by atoms with Crippen molar-refractivity contribution in [2.45, 2.75) is 13.5 Å². The first kappa shape index (κ1) is 24.4. The van der Waals surface area contributed by atoms with Crippen molar-refractivity contribution in [2.75, 3.05) is 45.2 Å². The monoisotopic (exact) mass is 461 g/mol. The number of aldehydes is 1. The number of aromatic nitrogens is 2. The fourth-order valence-electron chi connectivity index (χ4n) is 3.69. The van der Waals surface area contributed by atoms with Gasteiger partial charge in [0.25, 0.3) is 5.56 Å². The molecule has 2 N–H and O–H groups in total. The predicted molar refractivity (Wildman–Crippen MR) is 121 cm³/mol. The van der Waals surface area contributed by atoms with E-state index in [2.05, 4.69) is 15.3 Å². The van der Waals surface area contributed by atoms with Crippen molar-refractivity contribution in [1.29, 1.82) is 0 Å². The van der Waals surface area contributed by atoms with Crippen LogP contribution in [-0.4, -0.2) is 61.4 Å². The summed E-state index contributed by atoms with van der Waals surface area (Å²) in [5, 5.41) is 2.79. The van der Waals surface area contributed by atoms with Gasteiger partial charge in [0.1, 0.15) is 11.5 Å². The molecule has 3 aromatic rings. The van der Waals surface area contributed by atoms with Gasteiger partial charge in [-0.2, -0.15) is 4.39 Å². The van der Waals surface area contributed by atoms with Gasteiger partial charge in [0.15, 0.2) is 12.1 Å². The number of rotatable bonds is 4. The smallest absolute Gasteiger partial charge is 0.254 e. The average molecular weight is 461 g/mol. The Kier molecular flexibility index (Phi) is 7.83. The molecule has 7 nitrogen and oxygen atoms in total. The molecular formula is C23H26F3N5O2. The fraction of sp³-hybridized carbons (Fsp3) is 0.348. The summed E-state index contributed by atoms with van der Waals surface area (Å²) in [7, 11) is 3.75. The van der Waals surface area contributed by atoms with Crippen molar-refractivity contribution in [2.24, 2.45) is 0 Å². The number of carbonyl (C=O) groups is 1. The molecule has 0 atom stereocenters. The zero-order valence-electron chi connectivity index (χ0n) is 18.7. The summed E-state index contributed by atoms with van der Waals surface area (Å²) in [4.78, 5) is 32.4. The van der Waals surface area contributed by atoms with E-state index < -0.39 is 23.1 Å². The van der Waals surface area contributed by atoms with Crippen LogP contribution in [0.25, 0.3) is 10.9 Å². The Morgan fingerprint density at radius 2 is 1.73 bits per heavy atom. The van der Waals surface area contributed by atoms with Crippen LogP contribution < -0.4 is 15.8 Å². The van der Waals surface area contributed by atoms with Crippen molar-refractivity contribution in [3.63, 3.8) is 0 Å². The molecule has 1 fully saturated rings. The number of nitrogens with one attached hydrogen (secondary N) is 2. The van der Waals surface area contributed by atoms with E-state index in [4.69, 9.17) is 0 Å². The summed E-state index contributed by atoms with van der Waals surface area (Å²) in [6.07, 6.45) is 0.489. The summed E-state index contributed by atoms with van der Waals surface area (Å²) in [5.41, 5.74) is -0.165. The SMILES string of the molecule is CNC.Cc1c(F)c2ccc(CN3CCN(c4ccc(C=O)nc4F)CC3)c(F)c2[nH]c1=O. The number of halogens is 3. The lowest BCUT2D eigenvalue weighted by molar-refractivity contribution is 0.111. The van der Waals surface area contributed by atoms with Gasteiger partial charge in [-0.15, -0.1) is 0 Å². The molecular weight excluding hydrogens is 435 g/mol. The van der Waals surface area contributed by atoms with Gasteiger partial charge < -0.3 is 15.2 Å². The van der Waals surface area contributed by atoms with Gasteiger partial charge in [-0.3, -0.25) is 14.5 Å². The van der Waals surface area contributed by atoms with E-state index in [9.17, 15) is 22.8 Å². The van der Waals surface area contributed by atoms with Gasteiger partial charge in [0.05, 0.1) is 16.8 Å². The van der Waals surface area contributed by atoms with E-state index in [0.29, 0.717) is 43.7 Å². The highest BCUT2D eigenvalue weighted by Gasteiger charge is 2.22. The molecule has 176 valence electrons. The van der Waals surface area contributed by atoms with Crippen LogP contribution in [0.5, 0.6) is 0 Å². The van der Waals surface area contributed by atoms with E-state index in [1.54, 1.807) is 0 Å². The van der Waals surface area contributed by atoms with Gasteiger partial charge in [-0.1, -0.05) is 6.07 Å². The van der Waals surface area contributed by atoms with Gasteiger partial charge in [-0.05, 0) is 39.2 Å². The quantitative estimate of drug-likeness (QED) is 0.459. The van der Waals surface area contributed by atoms with Crippen LogP contribution in [0.4, 0.5) is 18.9 Å². The number of carbonyl (C=O) groups excluding carboxylic acids is 1. The number of pyridine rings is 2. The first-order valence-electron chi connectivity index (χ1n) is 10.5. The summed E-state index contributed by atoms with van der Waals surface area (Å²) >= 11 is 0. The normalized spacial score (nSPS) is 14.2. The number of aromatic amines is 1. The number of benzene rings is 1. The second kappa shape index (κ2) is 10.6. The van der Waals surface area contributed by atoms with Crippen LogP contribution in [0, 0.1) is 24.5 Å². The number of nitrogens with zero attached hydrogens (tertiary/aromatic N) is 3. The van der Waals surface area contributed by atoms with Gasteiger partial charge >= 0.3 is 0 Å². The first-order chi connectivity index (χ1) is 15.8. The molecule has 0 unspecified atom stereocenters. The molecule has 33 heavy (non-hydrogen) atoms. The molecule has 0 amide bonds. The van der Waals surface area contributed by atoms with Crippen molar-refractivity contribution in [3.05, 3.63) is 69.0 Å². The summed E-state index contributed by atoms with van der Waals surface area (Å²) in [6, 6.07) is 5.98. The second-order valence-corrected chi connectivity index (χ2v) is 7.78. The lowest BCUT2D eigenvalue weighted by Gasteiger charge is -2.36. The fourth-order valence-corrected chi connectivity index (χ4v) is 3.69. The van der Waals surface area contributed by atoms with Crippen LogP contribution in [0.1, 0.15) is 21.6 Å².